The summed E-state index contributed by atoms with van der Waals surface area (Å²) in [7, 11) is 0. The van der Waals surface area contributed by atoms with Gasteiger partial charge in [0.2, 0.25) is 17.8 Å². The Kier molecular flexibility index (Phi) is 5.51. The highest BCUT2D eigenvalue weighted by molar-refractivity contribution is 5.79. The van der Waals surface area contributed by atoms with Crippen LogP contribution < -0.4 is 16.1 Å². The lowest BCUT2D eigenvalue weighted by Gasteiger charge is -2.23. The van der Waals surface area contributed by atoms with E-state index >= 15 is 0 Å². The Labute approximate surface area is 148 Å². The zero-order valence-corrected chi connectivity index (χ0v) is 15.6. The molecule has 0 aromatic carbocycles. The van der Waals surface area contributed by atoms with Crippen molar-refractivity contribution in [2.45, 2.75) is 52.6 Å². The summed E-state index contributed by atoms with van der Waals surface area (Å²) in [6.45, 7) is 12.3. The second-order valence-corrected chi connectivity index (χ2v) is 7.71. The summed E-state index contributed by atoms with van der Waals surface area (Å²) >= 11 is 0. The molecule has 2 rings (SSSR count). The fourth-order valence-electron chi connectivity index (χ4n) is 1.83. The van der Waals surface area contributed by atoms with Crippen molar-refractivity contribution in [1.29, 1.82) is 0 Å². The van der Waals surface area contributed by atoms with Gasteiger partial charge in [-0.1, -0.05) is 6.07 Å². The van der Waals surface area contributed by atoms with Crippen LogP contribution in [0, 0.1) is 0 Å². The van der Waals surface area contributed by atoms with E-state index in [-0.39, 0.29) is 11.1 Å². The van der Waals surface area contributed by atoms with Gasteiger partial charge >= 0.3 is 0 Å². The molecule has 0 saturated carbocycles. The van der Waals surface area contributed by atoms with Gasteiger partial charge in [0.25, 0.3) is 0 Å². The van der Waals surface area contributed by atoms with Crippen LogP contribution in [-0.2, 0) is 0 Å². The maximum absolute atomic E-state index is 4.42. The zero-order valence-electron chi connectivity index (χ0n) is 15.6. The molecule has 0 saturated heterocycles. The number of nitrogens with zero attached hydrogens (tertiary/aromatic N) is 5. The molecule has 2 aromatic rings. The largest absolute Gasteiger partial charge is 0.349 e. The van der Waals surface area contributed by atoms with Crippen molar-refractivity contribution in [2.75, 3.05) is 16.1 Å². The van der Waals surface area contributed by atoms with Gasteiger partial charge in [0.15, 0.2) is 0 Å². The van der Waals surface area contributed by atoms with E-state index in [2.05, 4.69) is 41.1 Å². The molecule has 0 aliphatic rings. The SMILES string of the molecule is CC(C)(C)Nc1nc(NN=Cc2cccnc2)nc(NC(C)(C)C)n1. The first-order valence-electron chi connectivity index (χ1n) is 8.12. The maximum atomic E-state index is 4.42. The highest BCUT2D eigenvalue weighted by atomic mass is 15.4. The van der Waals surface area contributed by atoms with Crippen LogP contribution in [0.15, 0.2) is 29.6 Å². The number of anilines is 3. The summed E-state index contributed by atoms with van der Waals surface area (Å²) in [5.74, 6) is 1.32. The summed E-state index contributed by atoms with van der Waals surface area (Å²) in [5.41, 5.74) is 3.38. The third-order valence-corrected chi connectivity index (χ3v) is 2.67. The number of hydrazone groups is 1. The quantitative estimate of drug-likeness (QED) is 0.567. The van der Waals surface area contributed by atoms with Crippen molar-refractivity contribution >= 4 is 24.1 Å². The van der Waals surface area contributed by atoms with Crippen LogP contribution in [0.2, 0.25) is 0 Å². The van der Waals surface area contributed by atoms with Crippen LogP contribution >= 0.6 is 0 Å². The second-order valence-electron chi connectivity index (χ2n) is 7.71. The van der Waals surface area contributed by atoms with E-state index in [1.54, 1.807) is 18.6 Å². The van der Waals surface area contributed by atoms with Crippen molar-refractivity contribution in [3.63, 3.8) is 0 Å². The molecule has 25 heavy (non-hydrogen) atoms. The summed E-state index contributed by atoms with van der Waals surface area (Å²) in [6.07, 6.45) is 5.09. The standard InChI is InChI=1S/C17H26N8/c1-16(2,3)23-13-20-14(24-17(4,5)6)22-15(21-13)25-19-11-12-8-7-9-18-10-12/h7-11H,1-6H3,(H3,20,21,22,23,24,25). The van der Waals surface area contributed by atoms with Gasteiger partial charge in [-0.05, 0) is 47.6 Å². The van der Waals surface area contributed by atoms with Crippen LogP contribution in [0.1, 0.15) is 47.1 Å². The molecule has 0 bridgehead atoms. The molecule has 8 heteroatoms. The van der Waals surface area contributed by atoms with E-state index in [4.69, 9.17) is 0 Å². The molecule has 0 radical (unpaired) electrons. The van der Waals surface area contributed by atoms with E-state index in [9.17, 15) is 0 Å². The average Bonchev–Trinajstić information content (AvgIpc) is 2.44. The lowest BCUT2D eigenvalue weighted by atomic mass is 10.1. The number of rotatable bonds is 5. The van der Waals surface area contributed by atoms with E-state index in [1.165, 1.54) is 0 Å². The van der Waals surface area contributed by atoms with E-state index in [1.807, 2.05) is 53.7 Å². The number of pyridine rings is 1. The van der Waals surface area contributed by atoms with E-state index in [0.29, 0.717) is 17.8 Å². The van der Waals surface area contributed by atoms with Gasteiger partial charge in [0.05, 0.1) is 6.21 Å². The summed E-state index contributed by atoms with van der Waals surface area (Å²) in [5, 5.41) is 10.7. The van der Waals surface area contributed by atoms with Gasteiger partial charge < -0.3 is 10.6 Å². The molecule has 134 valence electrons. The van der Waals surface area contributed by atoms with Crippen molar-refractivity contribution < 1.29 is 0 Å². The third kappa shape index (κ3) is 7.11. The summed E-state index contributed by atoms with van der Waals surface area (Å²) in [6, 6.07) is 3.76. The second kappa shape index (κ2) is 7.42. The first kappa shape index (κ1) is 18.6. The Morgan fingerprint density at radius 1 is 0.880 bits per heavy atom. The monoisotopic (exact) mass is 342 g/mol. The first-order valence-corrected chi connectivity index (χ1v) is 8.12. The Morgan fingerprint density at radius 2 is 1.44 bits per heavy atom. The topological polar surface area (TPSA) is 100 Å². The predicted molar refractivity (Wildman–Crippen MR) is 102 cm³/mol. The van der Waals surface area contributed by atoms with Gasteiger partial charge in [-0.2, -0.15) is 20.1 Å². The number of nitrogens with one attached hydrogen (secondary N) is 3. The van der Waals surface area contributed by atoms with Gasteiger partial charge in [0.1, 0.15) is 0 Å². The predicted octanol–water partition coefficient (Wildman–Crippen LogP) is 3.13. The lowest BCUT2D eigenvalue weighted by Crippen LogP contribution is -2.30. The minimum atomic E-state index is -0.170. The third-order valence-electron chi connectivity index (χ3n) is 2.67. The van der Waals surface area contributed by atoms with Crippen molar-refractivity contribution in [1.82, 2.24) is 19.9 Å². The average molecular weight is 342 g/mol. The molecule has 0 atom stereocenters. The zero-order chi connectivity index (χ0) is 18.5. The molecule has 8 nitrogen and oxygen atoms in total. The molecular weight excluding hydrogens is 316 g/mol. The molecule has 2 heterocycles. The van der Waals surface area contributed by atoms with Crippen LogP contribution in [0.25, 0.3) is 0 Å². The molecule has 0 spiro atoms. The molecule has 0 amide bonds. The van der Waals surface area contributed by atoms with Crippen LogP contribution in [0.3, 0.4) is 0 Å². The molecule has 2 aromatic heterocycles. The molecule has 0 unspecified atom stereocenters. The summed E-state index contributed by atoms with van der Waals surface area (Å²) in [4.78, 5) is 17.2. The minimum Gasteiger partial charge on any atom is -0.349 e. The normalized spacial score (nSPS) is 12.2. The van der Waals surface area contributed by atoms with Gasteiger partial charge in [-0.25, -0.2) is 5.43 Å². The molecular formula is C17H26N8. The fraction of sp³-hybridized carbons (Fsp3) is 0.471. The Balaban J connectivity index is 2.21. The first-order chi connectivity index (χ1) is 11.6. The van der Waals surface area contributed by atoms with Crippen molar-refractivity contribution in [2.24, 2.45) is 5.10 Å². The number of hydrogen-bond acceptors (Lipinski definition) is 8. The smallest absolute Gasteiger partial charge is 0.250 e. The Bertz CT molecular complexity index is 679. The molecule has 0 aliphatic heterocycles. The fourth-order valence-corrected chi connectivity index (χ4v) is 1.83. The van der Waals surface area contributed by atoms with Gasteiger partial charge in [-0.3, -0.25) is 4.98 Å². The highest BCUT2D eigenvalue weighted by Crippen LogP contribution is 2.16. The van der Waals surface area contributed by atoms with Gasteiger partial charge in [-0.15, -0.1) is 0 Å². The Morgan fingerprint density at radius 3 is 1.92 bits per heavy atom. The minimum absolute atomic E-state index is 0.170. The van der Waals surface area contributed by atoms with Gasteiger partial charge in [0, 0.05) is 29.0 Å². The lowest BCUT2D eigenvalue weighted by molar-refractivity contribution is 0.616. The summed E-state index contributed by atoms with van der Waals surface area (Å²) < 4.78 is 0. The highest BCUT2D eigenvalue weighted by Gasteiger charge is 2.16. The Hall–Kier alpha value is -2.77. The van der Waals surface area contributed by atoms with Crippen LogP contribution in [-0.4, -0.2) is 37.2 Å². The number of hydrogen-bond donors (Lipinski definition) is 3. The van der Waals surface area contributed by atoms with Crippen molar-refractivity contribution in [3.8, 4) is 0 Å². The van der Waals surface area contributed by atoms with E-state index in [0.717, 1.165) is 5.56 Å². The van der Waals surface area contributed by atoms with Crippen LogP contribution in [0.4, 0.5) is 17.8 Å². The number of aromatic nitrogens is 4. The van der Waals surface area contributed by atoms with Crippen molar-refractivity contribution in [3.05, 3.63) is 30.1 Å². The molecule has 0 fully saturated rings. The van der Waals surface area contributed by atoms with E-state index < -0.39 is 0 Å². The molecule has 3 N–H and O–H groups in total. The van der Waals surface area contributed by atoms with Crippen LogP contribution in [0.5, 0.6) is 0 Å². The maximum Gasteiger partial charge on any atom is 0.250 e. The molecule has 0 aliphatic carbocycles.